The van der Waals surface area contributed by atoms with Crippen molar-refractivity contribution >= 4 is 5.91 Å². The molecule has 1 amide bonds. The predicted octanol–water partition coefficient (Wildman–Crippen LogP) is 2.67. The van der Waals surface area contributed by atoms with Gasteiger partial charge in [0.05, 0.1) is 6.61 Å². The second-order valence-corrected chi connectivity index (χ2v) is 5.69. The van der Waals surface area contributed by atoms with Gasteiger partial charge in [-0.15, -0.1) is 0 Å². The molecule has 1 aliphatic heterocycles. The van der Waals surface area contributed by atoms with Crippen LogP contribution >= 0.6 is 0 Å². The van der Waals surface area contributed by atoms with Crippen molar-refractivity contribution in [2.24, 2.45) is 0 Å². The number of nitrogens with one attached hydrogen (secondary N) is 1. The van der Waals surface area contributed by atoms with Gasteiger partial charge in [-0.25, -0.2) is 0 Å². The minimum atomic E-state index is -0.0993. The molecular weight excluding hydrogens is 290 g/mol. The van der Waals surface area contributed by atoms with Gasteiger partial charge in [0.15, 0.2) is 6.61 Å². The van der Waals surface area contributed by atoms with Crippen LogP contribution in [0.3, 0.4) is 0 Å². The first-order valence-corrected chi connectivity index (χ1v) is 7.92. The molecule has 3 rings (SSSR count). The largest absolute Gasteiger partial charge is 0.493 e. The lowest BCUT2D eigenvalue weighted by Gasteiger charge is -2.09. The number of aryl methyl sites for hydroxylation is 1. The number of ether oxygens (including phenoxy) is 2. The molecule has 4 nitrogen and oxygen atoms in total. The van der Waals surface area contributed by atoms with E-state index in [4.69, 9.17) is 9.47 Å². The summed E-state index contributed by atoms with van der Waals surface area (Å²) in [5, 5.41) is 2.89. The number of fused-ring (bicyclic) bond motifs is 1. The molecule has 120 valence electrons. The zero-order valence-corrected chi connectivity index (χ0v) is 13.3. The summed E-state index contributed by atoms with van der Waals surface area (Å²) in [6.07, 6.45) is 1.78. The average Bonchev–Trinajstić information content (AvgIpc) is 3.02. The summed E-state index contributed by atoms with van der Waals surface area (Å²) in [7, 11) is 0. The van der Waals surface area contributed by atoms with E-state index in [2.05, 4.69) is 17.4 Å². The molecule has 0 saturated heterocycles. The number of hydrogen-bond donors (Lipinski definition) is 1. The fraction of sp³-hybridized carbons (Fsp3) is 0.316. The van der Waals surface area contributed by atoms with Crippen molar-refractivity contribution in [2.75, 3.05) is 19.8 Å². The number of carbonyl (C=O) groups is 1. The molecule has 0 spiro atoms. The molecule has 0 saturated carbocycles. The highest BCUT2D eigenvalue weighted by Crippen LogP contribution is 2.25. The van der Waals surface area contributed by atoms with Crippen LogP contribution in [-0.2, 0) is 17.6 Å². The second kappa shape index (κ2) is 7.18. The van der Waals surface area contributed by atoms with Crippen molar-refractivity contribution in [2.45, 2.75) is 19.8 Å². The number of benzene rings is 2. The number of para-hydroxylation sites is 1. The number of rotatable bonds is 6. The van der Waals surface area contributed by atoms with Gasteiger partial charge >= 0.3 is 0 Å². The van der Waals surface area contributed by atoms with Gasteiger partial charge in [-0.1, -0.05) is 30.3 Å². The maximum absolute atomic E-state index is 11.8. The molecule has 2 aromatic rings. The van der Waals surface area contributed by atoms with Crippen molar-refractivity contribution in [3.05, 3.63) is 59.2 Å². The summed E-state index contributed by atoms with van der Waals surface area (Å²) in [4.78, 5) is 11.8. The fourth-order valence-corrected chi connectivity index (χ4v) is 2.65. The number of hydrogen-bond acceptors (Lipinski definition) is 3. The molecule has 0 fully saturated rings. The van der Waals surface area contributed by atoms with Gasteiger partial charge in [-0.3, -0.25) is 4.79 Å². The summed E-state index contributed by atoms with van der Waals surface area (Å²) < 4.78 is 11.0. The smallest absolute Gasteiger partial charge is 0.257 e. The first kappa shape index (κ1) is 15.4. The maximum Gasteiger partial charge on any atom is 0.257 e. The van der Waals surface area contributed by atoms with Gasteiger partial charge in [-0.2, -0.15) is 0 Å². The van der Waals surface area contributed by atoms with Crippen molar-refractivity contribution in [3.8, 4) is 11.5 Å². The van der Waals surface area contributed by atoms with Crippen LogP contribution in [0.4, 0.5) is 0 Å². The van der Waals surface area contributed by atoms with Crippen LogP contribution in [0.25, 0.3) is 0 Å². The van der Waals surface area contributed by atoms with E-state index in [0.717, 1.165) is 36.5 Å². The Morgan fingerprint density at radius 3 is 3.00 bits per heavy atom. The lowest BCUT2D eigenvalue weighted by molar-refractivity contribution is -0.123. The normalized spacial score (nSPS) is 12.4. The van der Waals surface area contributed by atoms with Crippen molar-refractivity contribution in [3.63, 3.8) is 0 Å². The van der Waals surface area contributed by atoms with Crippen molar-refractivity contribution in [1.29, 1.82) is 0 Å². The van der Waals surface area contributed by atoms with Gasteiger partial charge in [0.2, 0.25) is 0 Å². The third-order valence-electron chi connectivity index (χ3n) is 3.94. The maximum atomic E-state index is 11.8. The zero-order chi connectivity index (χ0) is 16.1. The van der Waals surface area contributed by atoms with Crippen LogP contribution in [0.2, 0.25) is 0 Å². The monoisotopic (exact) mass is 311 g/mol. The quantitative estimate of drug-likeness (QED) is 0.892. The molecule has 0 radical (unpaired) electrons. The Balaban J connectivity index is 1.42. The number of amides is 1. The Kier molecular flexibility index (Phi) is 4.81. The van der Waals surface area contributed by atoms with Crippen LogP contribution in [0.1, 0.15) is 16.7 Å². The molecule has 1 heterocycles. The van der Waals surface area contributed by atoms with E-state index >= 15 is 0 Å². The molecule has 0 bridgehead atoms. The molecule has 1 N–H and O–H groups in total. The highest BCUT2D eigenvalue weighted by molar-refractivity contribution is 5.77. The van der Waals surface area contributed by atoms with Crippen LogP contribution in [0.5, 0.6) is 11.5 Å². The molecule has 0 atom stereocenters. The fourth-order valence-electron chi connectivity index (χ4n) is 2.65. The summed E-state index contributed by atoms with van der Waals surface area (Å²) in [5.74, 6) is 1.64. The minimum Gasteiger partial charge on any atom is -0.493 e. The van der Waals surface area contributed by atoms with Gasteiger partial charge < -0.3 is 14.8 Å². The Morgan fingerprint density at radius 2 is 2.13 bits per heavy atom. The molecule has 2 aromatic carbocycles. The molecule has 0 aromatic heterocycles. The average molecular weight is 311 g/mol. The van der Waals surface area contributed by atoms with Crippen molar-refractivity contribution in [1.82, 2.24) is 5.32 Å². The Hall–Kier alpha value is -2.49. The Morgan fingerprint density at radius 1 is 1.26 bits per heavy atom. The summed E-state index contributed by atoms with van der Waals surface area (Å²) >= 11 is 0. The van der Waals surface area contributed by atoms with E-state index < -0.39 is 0 Å². The van der Waals surface area contributed by atoms with E-state index in [0.29, 0.717) is 6.54 Å². The van der Waals surface area contributed by atoms with Crippen LogP contribution < -0.4 is 14.8 Å². The Labute approximate surface area is 136 Å². The minimum absolute atomic E-state index is 0.0445. The standard InChI is InChI=1S/C19H21NO3/c1-14-4-2-3-5-17(14)23-13-19(21)20-10-8-15-6-7-18-16(12-15)9-11-22-18/h2-7,12H,8-11,13H2,1H3,(H,20,21). The third-order valence-corrected chi connectivity index (χ3v) is 3.94. The third kappa shape index (κ3) is 4.03. The van der Waals surface area contributed by atoms with Gasteiger partial charge in [0, 0.05) is 13.0 Å². The van der Waals surface area contributed by atoms with Gasteiger partial charge in [0.1, 0.15) is 11.5 Å². The van der Waals surface area contributed by atoms with Gasteiger partial charge in [0.25, 0.3) is 5.91 Å². The second-order valence-electron chi connectivity index (χ2n) is 5.69. The molecule has 4 heteroatoms. The van der Waals surface area contributed by atoms with E-state index in [1.807, 2.05) is 37.3 Å². The lowest BCUT2D eigenvalue weighted by atomic mass is 10.1. The van der Waals surface area contributed by atoms with Crippen LogP contribution in [0.15, 0.2) is 42.5 Å². The molecule has 0 aliphatic carbocycles. The summed E-state index contributed by atoms with van der Waals surface area (Å²) in [6.45, 7) is 3.38. The van der Waals surface area contributed by atoms with Gasteiger partial charge in [-0.05, 0) is 42.2 Å². The van der Waals surface area contributed by atoms with E-state index in [1.54, 1.807) is 0 Å². The molecule has 0 unspecified atom stereocenters. The van der Waals surface area contributed by atoms with E-state index in [9.17, 15) is 4.79 Å². The lowest BCUT2D eigenvalue weighted by Crippen LogP contribution is -2.30. The first-order chi connectivity index (χ1) is 11.2. The summed E-state index contributed by atoms with van der Waals surface area (Å²) in [5.41, 5.74) is 3.51. The van der Waals surface area contributed by atoms with Crippen LogP contribution in [-0.4, -0.2) is 25.7 Å². The van der Waals surface area contributed by atoms with Crippen LogP contribution in [0, 0.1) is 6.92 Å². The van der Waals surface area contributed by atoms with E-state index in [-0.39, 0.29) is 12.5 Å². The molecule has 1 aliphatic rings. The van der Waals surface area contributed by atoms with Crippen molar-refractivity contribution < 1.29 is 14.3 Å². The topological polar surface area (TPSA) is 47.6 Å². The zero-order valence-electron chi connectivity index (χ0n) is 13.3. The SMILES string of the molecule is Cc1ccccc1OCC(=O)NCCc1ccc2c(c1)CCO2. The molecular formula is C19H21NO3. The van der Waals surface area contributed by atoms with E-state index in [1.165, 1.54) is 11.1 Å². The highest BCUT2D eigenvalue weighted by Gasteiger charge is 2.12. The molecule has 23 heavy (non-hydrogen) atoms. The predicted molar refractivity (Wildman–Crippen MR) is 89.0 cm³/mol. The number of carbonyl (C=O) groups excluding carboxylic acids is 1. The summed E-state index contributed by atoms with van der Waals surface area (Å²) in [6, 6.07) is 13.9. The highest BCUT2D eigenvalue weighted by atomic mass is 16.5. The Bertz CT molecular complexity index is 697. The first-order valence-electron chi connectivity index (χ1n) is 7.92.